The number of ketones is 1. The van der Waals surface area contributed by atoms with Crippen molar-refractivity contribution in [2.75, 3.05) is 0 Å². The van der Waals surface area contributed by atoms with E-state index < -0.39 is 0 Å². The molecule has 14 heavy (non-hydrogen) atoms. The Morgan fingerprint density at radius 1 is 1.50 bits per heavy atom. The Labute approximate surface area is 83.1 Å². The first-order chi connectivity index (χ1) is 6.74. The van der Waals surface area contributed by atoms with Crippen LogP contribution >= 0.6 is 0 Å². The van der Waals surface area contributed by atoms with E-state index in [0.717, 1.165) is 11.3 Å². The SMILES string of the molecule is CC(=O)CC=Nc1ccccc1CO. The maximum Gasteiger partial charge on any atom is 0.135 e. The fraction of sp³-hybridized carbons (Fsp3) is 0.273. The summed E-state index contributed by atoms with van der Waals surface area (Å²) in [6, 6.07) is 7.30. The van der Waals surface area contributed by atoms with Gasteiger partial charge in [0, 0.05) is 18.2 Å². The minimum absolute atomic E-state index is 0.0341. The molecule has 1 rings (SSSR count). The molecule has 1 aromatic carbocycles. The number of nitrogens with zero attached hydrogens (tertiary/aromatic N) is 1. The van der Waals surface area contributed by atoms with Crippen LogP contribution in [0.3, 0.4) is 0 Å². The van der Waals surface area contributed by atoms with Crippen LogP contribution in [0.1, 0.15) is 18.9 Å². The maximum atomic E-state index is 10.6. The quantitative estimate of drug-likeness (QED) is 0.738. The third-order valence-corrected chi connectivity index (χ3v) is 1.77. The van der Waals surface area contributed by atoms with Crippen molar-refractivity contribution in [2.45, 2.75) is 20.0 Å². The van der Waals surface area contributed by atoms with E-state index in [1.165, 1.54) is 6.92 Å². The average molecular weight is 191 g/mol. The van der Waals surface area contributed by atoms with Crippen LogP contribution < -0.4 is 0 Å². The monoisotopic (exact) mass is 191 g/mol. The molecular formula is C11H13NO2. The van der Waals surface area contributed by atoms with Crippen molar-refractivity contribution >= 4 is 17.7 Å². The van der Waals surface area contributed by atoms with Crippen molar-refractivity contribution in [1.29, 1.82) is 0 Å². The van der Waals surface area contributed by atoms with Gasteiger partial charge < -0.3 is 5.11 Å². The summed E-state index contributed by atoms with van der Waals surface area (Å²) in [5, 5.41) is 8.99. The zero-order chi connectivity index (χ0) is 10.4. The number of hydrogen-bond donors (Lipinski definition) is 1. The molecule has 3 heteroatoms. The van der Waals surface area contributed by atoms with Crippen molar-refractivity contribution in [1.82, 2.24) is 0 Å². The van der Waals surface area contributed by atoms with Gasteiger partial charge in [0.15, 0.2) is 0 Å². The lowest BCUT2D eigenvalue weighted by atomic mass is 10.2. The first-order valence-corrected chi connectivity index (χ1v) is 4.44. The van der Waals surface area contributed by atoms with Gasteiger partial charge in [0.25, 0.3) is 0 Å². The number of aliphatic hydroxyl groups is 1. The predicted molar refractivity (Wildman–Crippen MR) is 55.8 cm³/mol. The molecule has 1 aromatic rings. The van der Waals surface area contributed by atoms with E-state index in [1.807, 2.05) is 18.2 Å². The number of para-hydroxylation sites is 1. The number of carbonyl (C=O) groups is 1. The molecular weight excluding hydrogens is 178 g/mol. The van der Waals surface area contributed by atoms with Crippen molar-refractivity contribution in [2.24, 2.45) is 4.99 Å². The molecule has 0 saturated heterocycles. The summed E-state index contributed by atoms with van der Waals surface area (Å²) in [6.07, 6.45) is 1.90. The highest BCUT2D eigenvalue weighted by Gasteiger charge is 1.96. The summed E-state index contributed by atoms with van der Waals surface area (Å²) in [7, 11) is 0. The van der Waals surface area contributed by atoms with E-state index in [1.54, 1.807) is 12.3 Å². The molecule has 0 aliphatic carbocycles. The molecule has 0 aliphatic rings. The van der Waals surface area contributed by atoms with Crippen LogP contribution in [0.25, 0.3) is 0 Å². The zero-order valence-corrected chi connectivity index (χ0v) is 8.10. The first kappa shape index (κ1) is 10.6. The zero-order valence-electron chi connectivity index (χ0n) is 8.10. The lowest BCUT2D eigenvalue weighted by Crippen LogP contribution is -1.89. The second-order valence-electron chi connectivity index (χ2n) is 3.00. The molecule has 0 saturated carbocycles. The smallest absolute Gasteiger partial charge is 0.135 e. The second kappa shape index (κ2) is 5.29. The minimum atomic E-state index is -0.0341. The number of aliphatic hydroxyl groups excluding tert-OH is 1. The van der Waals surface area contributed by atoms with Gasteiger partial charge in [0.05, 0.1) is 12.3 Å². The van der Waals surface area contributed by atoms with Crippen LogP contribution in [-0.4, -0.2) is 17.1 Å². The van der Waals surface area contributed by atoms with Crippen molar-refractivity contribution in [3.05, 3.63) is 29.8 Å². The summed E-state index contributed by atoms with van der Waals surface area (Å²) in [6.45, 7) is 1.48. The third kappa shape index (κ3) is 3.11. The minimum Gasteiger partial charge on any atom is -0.392 e. The number of aliphatic imine (C=N–C) groups is 1. The highest BCUT2D eigenvalue weighted by atomic mass is 16.3. The van der Waals surface area contributed by atoms with E-state index in [0.29, 0.717) is 6.42 Å². The normalized spacial score (nSPS) is 10.7. The molecule has 74 valence electrons. The summed E-state index contributed by atoms with van der Waals surface area (Å²) >= 11 is 0. The molecule has 0 aliphatic heterocycles. The first-order valence-electron chi connectivity index (χ1n) is 4.44. The summed E-state index contributed by atoms with van der Waals surface area (Å²) < 4.78 is 0. The molecule has 0 radical (unpaired) electrons. The van der Waals surface area contributed by atoms with Crippen molar-refractivity contribution in [3.63, 3.8) is 0 Å². The van der Waals surface area contributed by atoms with Crippen LogP contribution in [0.15, 0.2) is 29.3 Å². The number of Topliss-reactive ketones (excluding diaryl/α,β-unsaturated/α-hetero) is 1. The lowest BCUT2D eigenvalue weighted by Gasteiger charge is -1.99. The van der Waals surface area contributed by atoms with E-state index in [4.69, 9.17) is 5.11 Å². The Morgan fingerprint density at radius 3 is 2.86 bits per heavy atom. The van der Waals surface area contributed by atoms with E-state index >= 15 is 0 Å². The van der Waals surface area contributed by atoms with Gasteiger partial charge in [-0.3, -0.25) is 9.79 Å². The van der Waals surface area contributed by atoms with Crippen molar-refractivity contribution < 1.29 is 9.90 Å². The lowest BCUT2D eigenvalue weighted by molar-refractivity contribution is -0.115. The highest BCUT2D eigenvalue weighted by molar-refractivity contribution is 5.90. The average Bonchev–Trinajstić information content (AvgIpc) is 2.18. The van der Waals surface area contributed by atoms with Gasteiger partial charge in [0.1, 0.15) is 5.78 Å². The Kier molecular flexibility index (Phi) is 4.01. The number of carbonyl (C=O) groups excluding carboxylic acids is 1. The van der Waals surface area contributed by atoms with Crippen molar-refractivity contribution in [3.8, 4) is 0 Å². The van der Waals surface area contributed by atoms with Crippen LogP contribution in [0, 0.1) is 0 Å². The number of rotatable bonds is 4. The van der Waals surface area contributed by atoms with E-state index in [-0.39, 0.29) is 12.4 Å². The van der Waals surface area contributed by atoms with Gasteiger partial charge in [0.2, 0.25) is 0 Å². The maximum absolute atomic E-state index is 10.6. The fourth-order valence-corrected chi connectivity index (χ4v) is 1.04. The number of hydrogen-bond acceptors (Lipinski definition) is 3. The molecule has 0 fully saturated rings. The molecule has 3 nitrogen and oxygen atoms in total. The largest absolute Gasteiger partial charge is 0.392 e. The molecule has 0 atom stereocenters. The molecule has 1 N–H and O–H groups in total. The van der Waals surface area contributed by atoms with Gasteiger partial charge in [-0.15, -0.1) is 0 Å². The Bertz CT molecular complexity index is 345. The van der Waals surface area contributed by atoms with Gasteiger partial charge >= 0.3 is 0 Å². The molecule has 0 bridgehead atoms. The van der Waals surface area contributed by atoms with Gasteiger partial charge in [-0.2, -0.15) is 0 Å². The molecule has 0 amide bonds. The van der Waals surface area contributed by atoms with E-state index in [2.05, 4.69) is 4.99 Å². The summed E-state index contributed by atoms with van der Waals surface area (Å²) in [4.78, 5) is 14.8. The molecule has 0 spiro atoms. The Hall–Kier alpha value is -1.48. The van der Waals surface area contributed by atoms with Crippen LogP contribution in [0.5, 0.6) is 0 Å². The Morgan fingerprint density at radius 2 is 2.21 bits per heavy atom. The van der Waals surface area contributed by atoms with Gasteiger partial charge in [-0.25, -0.2) is 0 Å². The number of benzene rings is 1. The van der Waals surface area contributed by atoms with Gasteiger partial charge in [-0.1, -0.05) is 18.2 Å². The standard InChI is InChI=1S/C11H13NO2/c1-9(14)6-7-12-11-5-3-2-4-10(11)8-13/h2-5,7,13H,6,8H2,1H3. The molecule has 0 heterocycles. The topological polar surface area (TPSA) is 49.7 Å². The second-order valence-corrected chi connectivity index (χ2v) is 3.00. The molecule has 0 aromatic heterocycles. The summed E-state index contributed by atoms with van der Waals surface area (Å²) in [5.74, 6) is 0.0789. The third-order valence-electron chi connectivity index (χ3n) is 1.77. The summed E-state index contributed by atoms with van der Waals surface area (Å²) in [5.41, 5.74) is 1.49. The van der Waals surface area contributed by atoms with Gasteiger partial charge in [-0.05, 0) is 13.0 Å². The molecule has 0 unspecified atom stereocenters. The van der Waals surface area contributed by atoms with Crippen LogP contribution in [0.4, 0.5) is 5.69 Å². The fourth-order valence-electron chi connectivity index (χ4n) is 1.04. The van der Waals surface area contributed by atoms with E-state index in [9.17, 15) is 4.79 Å². The van der Waals surface area contributed by atoms with Crippen LogP contribution in [0.2, 0.25) is 0 Å². The van der Waals surface area contributed by atoms with Crippen LogP contribution in [-0.2, 0) is 11.4 Å². The highest BCUT2D eigenvalue weighted by Crippen LogP contribution is 2.17. The Balaban J connectivity index is 2.75. The predicted octanol–water partition coefficient (Wildman–Crippen LogP) is 1.86.